The molecule has 0 unspecified atom stereocenters. The van der Waals surface area contributed by atoms with Crippen molar-refractivity contribution in [3.05, 3.63) is 0 Å². The average molecular weight is 215 g/mol. The molecule has 0 aromatic rings. The smallest absolute Gasteiger partial charge is 0.222 e. The fraction of sp³-hybridized carbons (Fsp3) is 0.909. The quantitative estimate of drug-likeness (QED) is 0.490. The second kappa shape index (κ2) is 9.93. The van der Waals surface area contributed by atoms with Gasteiger partial charge in [-0.2, -0.15) is 0 Å². The lowest BCUT2D eigenvalue weighted by Crippen LogP contribution is -2.28. The molecule has 0 fully saturated rings. The average Bonchev–Trinajstić information content (AvgIpc) is 2.21. The molecule has 1 amide bonds. The molecule has 0 atom stereocenters. The number of carbonyl (C=O) groups excluding carboxylic acids is 1. The molecule has 0 radical (unpaired) electrons. The Morgan fingerprint density at radius 1 is 1.13 bits per heavy atom. The van der Waals surface area contributed by atoms with E-state index in [9.17, 15) is 4.79 Å². The third kappa shape index (κ3) is 9.69. The molecular formula is C11H25N3O. The van der Waals surface area contributed by atoms with Gasteiger partial charge in [-0.25, -0.2) is 0 Å². The van der Waals surface area contributed by atoms with E-state index < -0.39 is 0 Å². The molecule has 0 saturated carbocycles. The molecule has 0 rings (SSSR count). The summed E-state index contributed by atoms with van der Waals surface area (Å²) in [6.45, 7) is 7.23. The van der Waals surface area contributed by atoms with Crippen LogP contribution < -0.4 is 16.4 Å². The highest BCUT2D eigenvalue weighted by Crippen LogP contribution is 1.94. The maximum Gasteiger partial charge on any atom is 0.222 e. The summed E-state index contributed by atoms with van der Waals surface area (Å²) in [5.41, 5.74) is 5.34. The number of rotatable bonds is 9. The number of nitrogens with one attached hydrogen (secondary N) is 2. The van der Waals surface area contributed by atoms with Gasteiger partial charge in [0.15, 0.2) is 0 Å². The first kappa shape index (κ1) is 14.4. The zero-order valence-electron chi connectivity index (χ0n) is 10.0. The van der Waals surface area contributed by atoms with Gasteiger partial charge in [0.25, 0.3) is 0 Å². The minimum Gasteiger partial charge on any atom is -0.356 e. The number of hydrogen-bond acceptors (Lipinski definition) is 3. The maximum atomic E-state index is 11.2. The van der Waals surface area contributed by atoms with Gasteiger partial charge in [-0.15, -0.1) is 0 Å². The van der Waals surface area contributed by atoms with E-state index in [4.69, 9.17) is 5.73 Å². The van der Waals surface area contributed by atoms with Crippen molar-refractivity contribution in [1.82, 2.24) is 10.6 Å². The van der Waals surface area contributed by atoms with Crippen LogP contribution in [0.5, 0.6) is 0 Å². The lowest BCUT2D eigenvalue weighted by molar-refractivity contribution is -0.123. The van der Waals surface area contributed by atoms with E-state index in [0.717, 1.165) is 38.9 Å². The first-order valence-electron chi connectivity index (χ1n) is 5.87. The minimum absolute atomic E-state index is 0.0937. The maximum absolute atomic E-state index is 11.2. The zero-order chi connectivity index (χ0) is 11.5. The Morgan fingerprint density at radius 3 is 2.40 bits per heavy atom. The van der Waals surface area contributed by atoms with Gasteiger partial charge >= 0.3 is 0 Å². The molecule has 4 N–H and O–H groups in total. The van der Waals surface area contributed by atoms with E-state index in [1.807, 2.05) is 13.8 Å². The van der Waals surface area contributed by atoms with Crippen molar-refractivity contribution in [3.63, 3.8) is 0 Å². The number of nitrogens with two attached hydrogens (primary N) is 1. The summed E-state index contributed by atoms with van der Waals surface area (Å²) in [5, 5.41) is 6.15. The van der Waals surface area contributed by atoms with E-state index in [1.54, 1.807) is 0 Å². The van der Waals surface area contributed by atoms with Crippen LogP contribution >= 0.6 is 0 Å². The fourth-order valence-electron chi connectivity index (χ4n) is 1.19. The predicted molar refractivity (Wildman–Crippen MR) is 63.6 cm³/mol. The lowest BCUT2D eigenvalue weighted by atomic mass is 10.2. The van der Waals surface area contributed by atoms with Crippen LogP contribution in [-0.4, -0.2) is 32.1 Å². The van der Waals surface area contributed by atoms with Crippen LogP contribution in [0, 0.1) is 5.92 Å². The van der Waals surface area contributed by atoms with Gasteiger partial charge < -0.3 is 16.4 Å². The Kier molecular flexibility index (Phi) is 9.52. The molecule has 15 heavy (non-hydrogen) atoms. The monoisotopic (exact) mass is 215 g/mol. The van der Waals surface area contributed by atoms with Crippen molar-refractivity contribution in [1.29, 1.82) is 0 Å². The van der Waals surface area contributed by atoms with Crippen molar-refractivity contribution in [3.8, 4) is 0 Å². The summed E-state index contributed by atoms with van der Waals surface area (Å²) in [5.74, 6) is 0.243. The third-order valence-corrected chi connectivity index (χ3v) is 2.18. The van der Waals surface area contributed by atoms with Crippen LogP contribution in [0.15, 0.2) is 0 Å². The van der Waals surface area contributed by atoms with Gasteiger partial charge in [0.05, 0.1) is 0 Å². The van der Waals surface area contributed by atoms with E-state index in [-0.39, 0.29) is 11.8 Å². The predicted octanol–water partition coefficient (Wildman–Crippen LogP) is 0.477. The molecule has 4 nitrogen and oxygen atoms in total. The first-order chi connectivity index (χ1) is 7.18. The number of hydrogen-bond donors (Lipinski definition) is 3. The molecule has 0 bridgehead atoms. The molecule has 0 aliphatic rings. The van der Waals surface area contributed by atoms with Crippen LogP contribution in [0.1, 0.15) is 33.1 Å². The summed E-state index contributed by atoms with van der Waals surface area (Å²) in [6.07, 6.45) is 3.36. The molecule has 90 valence electrons. The normalized spacial score (nSPS) is 10.7. The summed E-state index contributed by atoms with van der Waals surface area (Å²) in [6, 6.07) is 0. The Bertz CT molecular complexity index is 160. The largest absolute Gasteiger partial charge is 0.356 e. The van der Waals surface area contributed by atoms with Crippen LogP contribution in [-0.2, 0) is 4.79 Å². The summed E-state index contributed by atoms with van der Waals surface area (Å²) in [7, 11) is 0. The van der Waals surface area contributed by atoms with Gasteiger partial charge in [0, 0.05) is 25.6 Å². The number of carbonyl (C=O) groups is 1. The Morgan fingerprint density at radius 2 is 1.80 bits per heavy atom. The van der Waals surface area contributed by atoms with Gasteiger partial charge in [-0.05, 0) is 19.4 Å². The SMILES string of the molecule is CC(C)C(=O)NCCCCCNCCN. The lowest BCUT2D eigenvalue weighted by Gasteiger charge is -2.07. The van der Waals surface area contributed by atoms with Crippen LogP contribution in [0.4, 0.5) is 0 Å². The molecule has 0 saturated heterocycles. The first-order valence-corrected chi connectivity index (χ1v) is 5.87. The minimum atomic E-state index is 0.0937. The van der Waals surface area contributed by atoms with Crippen molar-refractivity contribution >= 4 is 5.91 Å². The third-order valence-electron chi connectivity index (χ3n) is 2.18. The fourth-order valence-corrected chi connectivity index (χ4v) is 1.19. The highest BCUT2D eigenvalue weighted by molar-refractivity contribution is 5.77. The standard InChI is InChI=1S/C11H25N3O/c1-10(2)11(15)14-8-5-3-4-7-13-9-6-12/h10,13H,3-9,12H2,1-2H3,(H,14,15). The molecule has 0 aromatic carbocycles. The van der Waals surface area contributed by atoms with E-state index in [1.165, 1.54) is 0 Å². The molecule has 0 aliphatic heterocycles. The number of unbranched alkanes of at least 4 members (excludes halogenated alkanes) is 2. The van der Waals surface area contributed by atoms with Gasteiger partial charge in [0.1, 0.15) is 0 Å². The summed E-state index contributed by atoms with van der Waals surface area (Å²) in [4.78, 5) is 11.2. The Hall–Kier alpha value is -0.610. The van der Waals surface area contributed by atoms with Crippen molar-refractivity contribution in [2.24, 2.45) is 11.7 Å². The van der Waals surface area contributed by atoms with Crippen molar-refractivity contribution < 1.29 is 4.79 Å². The summed E-state index contributed by atoms with van der Waals surface area (Å²) < 4.78 is 0. The van der Waals surface area contributed by atoms with Gasteiger partial charge in [-0.3, -0.25) is 4.79 Å². The molecule has 0 heterocycles. The Balaban J connectivity index is 3.08. The van der Waals surface area contributed by atoms with Crippen LogP contribution in [0.3, 0.4) is 0 Å². The van der Waals surface area contributed by atoms with E-state index in [2.05, 4.69) is 10.6 Å². The molecule has 0 spiro atoms. The molecule has 4 heteroatoms. The zero-order valence-corrected chi connectivity index (χ0v) is 10.0. The molecular weight excluding hydrogens is 190 g/mol. The molecule has 0 aliphatic carbocycles. The van der Waals surface area contributed by atoms with Crippen LogP contribution in [0.25, 0.3) is 0 Å². The van der Waals surface area contributed by atoms with Gasteiger partial charge in [-0.1, -0.05) is 20.3 Å². The van der Waals surface area contributed by atoms with Crippen molar-refractivity contribution in [2.45, 2.75) is 33.1 Å². The van der Waals surface area contributed by atoms with Crippen LogP contribution in [0.2, 0.25) is 0 Å². The molecule has 0 aromatic heterocycles. The van der Waals surface area contributed by atoms with E-state index >= 15 is 0 Å². The van der Waals surface area contributed by atoms with E-state index in [0.29, 0.717) is 6.54 Å². The highest BCUT2D eigenvalue weighted by atomic mass is 16.1. The summed E-state index contributed by atoms with van der Waals surface area (Å²) >= 11 is 0. The second-order valence-electron chi connectivity index (χ2n) is 4.05. The highest BCUT2D eigenvalue weighted by Gasteiger charge is 2.04. The van der Waals surface area contributed by atoms with Crippen molar-refractivity contribution in [2.75, 3.05) is 26.2 Å². The van der Waals surface area contributed by atoms with Gasteiger partial charge in [0.2, 0.25) is 5.91 Å². The second-order valence-corrected chi connectivity index (χ2v) is 4.05. The topological polar surface area (TPSA) is 67.2 Å². The number of amides is 1. The Labute approximate surface area is 93.0 Å².